The topological polar surface area (TPSA) is 268 Å². The first-order valence-corrected chi connectivity index (χ1v) is 26.1. The highest BCUT2D eigenvalue weighted by Crippen LogP contribution is 2.26. The molecule has 0 saturated heterocycles. The van der Waals surface area contributed by atoms with E-state index in [1.807, 2.05) is 30.4 Å². The Hall–Kier alpha value is -9.80. The molecule has 5 heterocycles. The number of nitrogens with one attached hydrogen (secondary N) is 3. The van der Waals surface area contributed by atoms with Gasteiger partial charge in [-0.05, 0) is 56.7 Å². The molecule has 3 N–H and O–H groups in total. The van der Waals surface area contributed by atoms with Crippen molar-refractivity contribution in [3.05, 3.63) is 176 Å². The average molecular weight is 1120 g/mol. The molecule has 5 amide bonds. The van der Waals surface area contributed by atoms with E-state index in [0.717, 1.165) is 16.4 Å². The molecule has 8 rings (SSSR count). The summed E-state index contributed by atoms with van der Waals surface area (Å²) in [5.41, 5.74) is 2.81. The van der Waals surface area contributed by atoms with Crippen LogP contribution < -0.4 is 30.2 Å². The predicted octanol–water partition coefficient (Wildman–Crippen LogP) is 6.95. The van der Waals surface area contributed by atoms with Crippen molar-refractivity contribution in [2.45, 2.75) is 56.7 Å². The summed E-state index contributed by atoms with van der Waals surface area (Å²) in [6, 6.07) is 23.8. The van der Waals surface area contributed by atoms with Crippen LogP contribution in [0.2, 0.25) is 0 Å². The van der Waals surface area contributed by atoms with Crippen LogP contribution in [0.3, 0.4) is 0 Å². The summed E-state index contributed by atoms with van der Waals surface area (Å²) in [6.07, 6.45) is 19.4. The normalized spacial score (nSPS) is 15.1. The number of carbonyl (C=O) groups is 6. The number of carbonyl (C=O) groups excluding carboxylic acids is 6. The highest BCUT2D eigenvalue weighted by atomic mass is 16.7. The monoisotopic (exact) mass is 1120 g/mol. The van der Waals surface area contributed by atoms with Crippen LogP contribution >= 0.6 is 0 Å². The minimum atomic E-state index is -0.817. The number of benzene rings is 3. The van der Waals surface area contributed by atoms with Gasteiger partial charge in [-0.3, -0.25) is 33.6 Å². The molecule has 0 aliphatic carbocycles. The summed E-state index contributed by atoms with van der Waals surface area (Å²) < 4.78 is 16.9. The predicted molar refractivity (Wildman–Crippen MR) is 305 cm³/mol. The number of rotatable bonds is 14. The maximum Gasteiger partial charge on any atom is 0.268 e. The summed E-state index contributed by atoms with van der Waals surface area (Å²) in [4.78, 5) is 111. The Balaban J connectivity index is 0.000000199. The number of nitrogens with zero attached hydrogens (tertiary/aromatic N) is 8. The first-order chi connectivity index (χ1) is 39.9. The Bertz CT molecular complexity index is 3230. The quantitative estimate of drug-likeness (QED) is 0.0431. The van der Waals surface area contributed by atoms with Gasteiger partial charge in [-0.25, -0.2) is 25.1 Å². The Morgan fingerprint density at radius 3 is 1.76 bits per heavy atom. The molecule has 3 aromatic carbocycles. The number of likely N-dealkylation sites (N-methyl/N-ethyl adjacent to an activating group) is 2. The molecular formula is C60H65N11O11. The lowest BCUT2D eigenvalue weighted by atomic mass is 10.0. The van der Waals surface area contributed by atoms with Crippen molar-refractivity contribution < 1.29 is 52.7 Å². The van der Waals surface area contributed by atoms with Gasteiger partial charge in [0.15, 0.2) is 17.5 Å². The average Bonchev–Trinajstić information content (AvgIpc) is 3.64. The zero-order valence-electron chi connectivity index (χ0n) is 46.0. The van der Waals surface area contributed by atoms with Crippen molar-refractivity contribution in [2.75, 3.05) is 48.1 Å². The molecule has 0 fully saturated rings. The van der Waals surface area contributed by atoms with Gasteiger partial charge >= 0.3 is 0 Å². The lowest BCUT2D eigenvalue weighted by Crippen LogP contribution is -2.46. The number of hydroxylamine groups is 4. The van der Waals surface area contributed by atoms with Crippen molar-refractivity contribution in [2.24, 2.45) is 0 Å². The van der Waals surface area contributed by atoms with Crippen molar-refractivity contribution >= 4 is 35.8 Å². The molecule has 22 nitrogen and oxygen atoms in total. The Kier molecular flexibility index (Phi) is 24.2. The molecule has 3 atom stereocenters. The van der Waals surface area contributed by atoms with Gasteiger partial charge in [0.05, 0.1) is 56.8 Å². The smallest absolute Gasteiger partial charge is 0.268 e. The lowest BCUT2D eigenvalue weighted by Gasteiger charge is -2.22. The molecule has 82 heavy (non-hydrogen) atoms. The Labute approximate surface area is 475 Å². The second kappa shape index (κ2) is 32.3. The SMILES string of the molecule is C=CCCOc1ccnc(-c2ccccc2C(=O)N[C@@H](CC=C)C(=O)N(C)OC)n1.CON(C)C(=O)[C@@H]1CC=CCCOc2ccnc(n2)-c2ccccc2C(=O)N1.O=C[C@@H]1CC=CCCOc2ccnc(n2)-c2ccccc2C(=O)N1. The second-order valence-corrected chi connectivity index (χ2v) is 17.7. The number of aldehydes is 1. The fraction of sp³-hybridized carbons (Fsp3) is 0.267. The molecular weight excluding hydrogens is 1050 g/mol. The summed E-state index contributed by atoms with van der Waals surface area (Å²) >= 11 is 0. The first kappa shape index (κ1) is 61.4. The van der Waals surface area contributed by atoms with E-state index in [1.54, 1.807) is 116 Å². The molecule has 426 valence electrons. The number of hydrogen-bond acceptors (Lipinski definition) is 17. The first-order valence-electron chi connectivity index (χ1n) is 26.1. The van der Waals surface area contributed by atoms with E-state index in [0.29, 0.717) is 120 Å². The lowest BCUT2D eigenvalue weighted by molar-refractivity contribution is -0.171. The van der Waals surface area contributed by atoms with Crippen LogP contribution in [0.15, 0.2) is 159 Å². The summed E-state index contributed by atoms with van der Waals surface area (Å²) in [5, 5.41) is 10.4. The van der Waals surface area contributed by atoms with E-state index < -0.39 is 29.9 Å². The molecule has 2 aliphatic heterocycles. The minimum Gasteiger partial charge on any atom is -0.477 e. The number of fused-ring (bicyclic) bond motifs is 8. The minimum absolute atomic E-state index is 0.254. The second-order valence-electron chi connectivity index (χ2n) is 17.7. The molecule has 4 bridgehead atoms. The number of ether oxygens (including phenoxy) is 3. The molecule has 22 heteroatoms. The van der Waals surface area contributed by atoms with Crippen LogP contribution in [0.1, 0.15) is 69.6 Å². The Morgan fingerprint density at radius 1 is 0.671 bits per heavy atom. The molecule has 2 aliphatic rings. The highest BCUT2D eigenvalue weighted by Gasteiger charge is 2.27. The van der Waals surface area contributed by atoms with Crippen LogP contribution in [0.5, 0.6) is 17.6 Å². The zero-order valence-corrected chi connectivity index (χ0v) is 46.0. The maximum atomic E-state index is 13.0. The van der Waals surface area contributed by atoms with Crippen molar-refractivity contribution in [3.8, 4) is 51.8 Å². The van der Waals surface area contributed by atoms with Crippen LogP contribution in [0.4, 0.5) is 0 Å². The molecule has 6 aromatic rings. The number of hydrogen-bond donors (Lipinski definition) is 3. The van der Waals surface area contributed by atoms with Crippen LogP contribution in [-0.4, -0.2) is 142 Å². The van der Waals surface area contributed by atoms with Crippen molar-refractivity contribution in [3.63, 3.8) is 0 Å². The van der Waals surface area contributed by atoms with E-state index in [-0.39, 0.29) is 24.1 Å². The van der Waals surface area contributed by atoms with E-state index in [4.69, 9.17) is 23.9 Å². The van der Waals surface area contributed by atoms with Gasteiger partial charge in [-0.15, -0.1) is 13.2 Å². The van der Waals surface area contributed by atoms with Crippen LogP contribution in [0, 0.1) is 0 Å². The van der Waals surface area contributed by atoms with Crippen LogP contribution in [-0.2, 0) is 24.1 Å². The summed E-state index contributed by atoms with van der Waals surface area (Å²) in [7, 11) is 5.76. The Morgan fingerprint density at radius 2 is 1.20 bits per heavy atom. The largest absolute Gasteiger partial charge is 0.477 e. The van der Waals surface area contributed by atoms with Crippen molar-refractivity contribution in [1.82, 2.24) is 56.0 Å². The molecule has 3 aromatic heterocycles. The molecule has 0 saturated carbocycles. The third kappa shape index (κ3) is 17.9. The van der Waals surface area contributed by atoms with Gasteiger partial charge in [-0.1, -0.05) is 91.1 Å². The maximum absolute atomic E-state index is 13.0. The third-order valence-corrected chi connectivity index (χ3v) is 12.1. The molecule has 0 radical (unpaired) electrons. The standard InChI is InChI=1S/C22H26N4O4.C20H22N4O4.C18H17N3O3/c1-5-7-15-30-19-13-14-23-20(25-19)16-11-8-9-12-17(16)21(27)24-18(10-6-2)22(28)26(3)29-4;1-24(27-2)20(26)16-10-4-3-7-13-28-17-11-12-21-18(23-17)14-8-5-6-9-15(14)19(25)22-16;22-12-13-6-2-1-5-11-24-16-9-10-19-17(21-16)14-7-3-4-8-15(14)18(23)20-13/h5-6,8-9,11-14,18H,1-2,7,10,15H2,3-4H3,(H,24,27);3-6,8-9,11-12,16H,7,10,13H2,1-2H3,(H,22,25);1-4,7-10,12-13H,5-6,11H2,(H,20,23)/t18-;16-;13-/m000/s1. The summed E-state index contributed by atoms with van der Waals surface area (Å²) in [6.45, 7) is 8.67. The van der Waals surface area contributed by atoms with Gasteiger partial charge in [0.1, 0.15) is 18.4 Å². The molecule has 0 spiro atoms. The summed E-state index contributed by atoms with van der Waals surface area (Å²) in [5.74, 6) is 0.555. The van der Waals surface area contributed by atoms with E-state index >= 15 is 0 Å². The van der Waals surface area contributed by atoms with E-state index in [2.05, 4.69) is 59.0 Å². The fourth-order valence-corrected chi connectivity index (χ4v) is 7.80. The number of amides is 5. The van der Waals surface area contributed by atoms with Crippen LogP contribution in [0.25, 0.3) is 34.2 Å². The van der Waals surface area contributed by atoms with Gasteiger partial charge in [0, 0.05) is 67.6 Å². The van der Waals surface area contributed by atoms with Gasteiger partial charge in [0.25, 0.3) is 29.5 Å². The van der Waals surface area contributed by atoms with Crippen molar-refractivity contribution in [1.29, 1.82) is 0 Å². The van der Waals surface area contributed by atoms with Gasteiger partial charge in [-0.2, -0.15) is 15.0 Å². The highest BCUT2D eigenvalue weighted by molar-refractivity contribution is 6.03. The third-order valence-electron chi connectivity index (χ3n) is 12.1. The van der Waals surface area contributed by atoms with Gasteiger partial charge < -0.3 is 35.0 Å². The fourth-order valence-electron chi connectivity index (χ4n) is 7.80. The molecule has 0 unspecified atom stereocenters. The van der Waals surface area contributed by atoms with Gasteiger partial charge in [0.2, 0.25) is 17.6 Å². The van der Waals surface area contributed by atoms with E-state index in [9.17, 15) is 28.8 Å². The zero-order chi connectivity index (χ0) is 58.6. The number of aromatic nitrogens is 6. The van der Waals surface area contributed by atoms with E-state index in [1.165, 1.54) is 28.3 Å².